The lowest BCUT2D eigenvalue weighted by Crippen LogP contribution is -2.46. The molecule has 1 atom stereocenters. The van der Waals surface area contributed by atoms with Crippen LogP contribution >= 0.6 is 12.4 Å². The number of rotatable bonds is 9. The average Bonchev–Trinajstić information content (AvgIpc) is 2.69. The lowest BCUT2D eigenvalue weighted by Gasteiger charge is -2.18. The molecule has 158 valence electrons. The molecular formula is C19H27ClN6O3. The zero-order chi connectivity index (χ0) is 20.5. The fourth-order valence-corrected chi connectivity index (χ4v) is 2.77. The largest absolute Gasteiger partial charge is 0.496 e. The molecule has 0 saturated carbocycles. The van der Waals surface area contributed by atoms with Crippen LogP contribution in [0.1, 0.15) is 12.8 Å². The van der Waals surface area contributed by atoms with Crippen LogP contribution in [0.2, 0.25) is 0 Å². The van der Waals surface area contributed by atoms with Crippen LogP contribution < -0.4 is 32.6 Å². The number of guanidine groups is 1. The highest BCUT2D eigenvalue weighted by atomic mass is 35.5. The van der Waals surface area contributed by atoms with Gasteiger partial charge in [0.05, 0.1) is 13.7 Å². The second-order valence-electron chi connectivity index (χ2n) is 6.16. The molecule has 0 spiro atoms. The number of anilines is 1. The summed E-state index contributed by atoms with van der Waals surface area (Å²) in [5.41, 5.74) is 16.5. The summed E-state index contributed by atoms with van der Waals surface area (Å²) in [6, 6.07) is 10.5. The summed E-state index contributed by atoms with van der Waals surface area (Å²) in [6.45, 7) is 0.149. The highest BCUT2D eigenvalue weighted by molar-refractivity contribution is 6.00. The molecule has 0 aromatic heterocycles. The van der Waals surface area contributed by atoms with Crippen molar-refractivity contribution >= 4 is 46.6 Å². The first-order chi connectivity index (χ1) is 13.4. The topological polar surface area (TPSA) is 158 Å². The van der Waals surface area contributed by atoms with E-state index in [-0.39, 0.29) is 30.8 Å². The number of carbonyl (C=O) groups excluding carboxylic acids is 2. The van der Waals surface area contributed by atoms with Crippen LogP contribution in [-0.4, -0.2) is 44.0 Å². The maximum Gasteiger partial charge on any atom is 0.246 e. The van der Waals surface area contributed by atoms with E-state index in [1.807, 2.05) is 30.3 Å². The highest BCUT2D eigenvalue weighted by Crippen LogP contribution is 2.29. The minimum atomic E-state index is -0.761. The van der Waals surface area contributed by atoms with Crippen LogP contribution in [0.5, 0.6) is 5.75 Å². The Labute approximate surface area is 175 Å². The van der Waals surface area contributed by atoms with Gasteiger partial charge >= 0.3 is 0 Å². The molecule has 10 heteroatoms. The normalized spacial score (nSPS) is 11.1. The SMILES string of the molecule is COc1cc(NC(=O)C(CCCN=C(N)N)NC(=O)CN)cc2ccccc12.Cl. The van der Waals surface area contributed by atoms with Crippen molar-refractivity contribution in [2.45, 2.75) is 18.9 Å². The number of ether oxygens (including phenoxy) is 1. The second kappa shape index (κ2) is 11.7. The third kappa shape index (κ3) is 7.13. The first-order valence-electron chi connectivity index (χ1n) is 8.87. The van der Waals surface area contributed by atoms with Gasteiger partial charge in [-0.05, 0) is 24.3 Å². The number of nitrogens with one attached hydrogen (secondary N) is 2. The van der Waals surface area contributed by atoms with Crippen LogP contribution in [0.15, 0.2) is 41.4 Å². The molecule has 0 saturated heterocycles. The van der Waals surface area contributed by atoms with Gasteiger partial charge in [-0.3, -0.25) is 14.6 Å². The molecule has 9 nitrogen and oxygen atoms in total. The van der Waals surface area contributed by atoms with Gasteiger partial charge in [-0.25, -0.2) is 0 Å². The molecule has 2 aromatic carbocycles. The predicted molar refractivity (Wildman–Crippen MR) is 117 cm³/mol. The van der Waals surface area contributed by atoms with Gasteiger partial charge in [0, 0.05) is 23.7 Å². The summed E-state index contributed by atoms with van der Waals surface area (Å²) in [6.07, 6.45) is 0.876. The fraction of sp³-hybridized carbons (Fsp3) is 0.316. The van der Waals surface area contributed by atoms with Crippen LogP contribution in [-0.2, 0) is 9.59 Å². The smallest absolute Gasteiger partial charge is 0.246 e. The Hall–Kier alpha value is -3.04. The molecule has 1 unspecified atom stereocenters. The summed E-state index contributed by atoms with van der Waals surface area (Å²) in [5.74, 6) is -0.152. The fourth-order valence-electron chi connectivity index (χ4n) is 2.77. The molecule has 0 aliphatic heterocycles. The van der Waals surface area contributed by atoms with Crippen molar-refractivity contribution < 1.29 is 14.3 Å². The number of hydrogen-bond donors (Lipinski definition) is 5. The summed E-state index contributed by atoms with van der Waals surface area (Å²) in [4.78, 5) is 28.3. The molecule has 0 heterocycles. The van der Waals surface area contributed by atoms with Crippen molar-refractivity contribution in [1.29, 1.82) is 0 Å². The molecular weight excluding hydrogens is 396 g/mol. The van der Waals surface area contributed by atoms with Crippen LogP contribution in [0.4, 0.5) is 5.69 Å². The Morgan fingerprint density at radius 3 is 2.59 bits per heavy atom. The van der Waals surface area contributed by atoms with Crippen LogP contribution in [0, 0.1) is 0 Å². The Bertz CT molecular complexity index is 870. The number of carbonyl (C=O) groups is 2. The van der Waals surface area contributed by atoms with Gasteiger partial charge in [-0.15, -0.1) is 12.4 Å². The van der Waals surface area contributed by atoms with Gasteiger partial charge in [0.2, 0.25) is 11.8 Å². The van der Waals surface area contributed by atoms with E-state index in [9.17, 15) is 9.59 Å². The summed E-state index contributed by atoms with van der Waals surface area (Å²) < 4.78 is 5.42. The molecule has 0 aliphatic carbocycles. The van der Waals surface area contributed by atoms with Crippen molar-refractivity contribution in [1.82, 2.24) is 5.32 Å². The zero-order valence-corrected chi connectivity index (χ0v) is 17.0. The predicted octanol–water partition coefficient (Wildman–Crippen LogP) is 0.706. The Balaban J connectivity index is 0.00000420. The standard InChI is InChI=1S/C19H26N6O3.ClH/c1-28-16-10-13(9-12-5-2-3-6-14(12)16)24-18(27)15(25-17(26)11-20)7-4-8-23-19(21)22;/h2-3,5-6,9-10,15H,4,7-8,11,20H2,1H3,(H,24,27)(H,25,26)(H4,21,22,23);1H. The van der Waals surface area contributed by atoms with Gasteiger partial charge in [0.15, 0.2) is 5.96 Å². The van der Waals surface area contributed by atoms with Crippen molar-refractivity contribution in [3.05, 3.63) is 36.4 Å². The minimum Gasteiger partial charge on any atom is -0.496 e. The summed E-state index contributed by atoms with van der Waals surface area (Å²) in [5, 5.41) is 7.31. The maximum absolute atomic E-state index is 12.7. The third-order valence-corrected chi connectivity index (χ3v) is 4.09. The molecule has 0 radical (unpaired) electrons. The number of nitrogens with two attached hydrogens (primary N) is 3. The molecule has 8 N–H and O–H groups in total. The van der Waals surface area contributed by atoms with E-state index in [2.05, 4.69) is 15.6 Å². The molecule has 0 bridgehead atoms. The Morgan fingerprint density at radius 2 is 1.93 bits per heavy atom. The highest BCUT2D eigenvalue weighted by Gasteiger charge is 2.20. The number of halogens is 1. The summed E-state index contributed by atoms with van der Waals surface area (Å²) in [7, 11) is 1.57. The van der Waals surface area contributed by atoms with Crippen molar-refractivity contribution in [3.8, 4) is 5.75 Å². The van der Waals surface area contributed by atoms with E-state index >= 15 is 0 Å². The molecule has 2 aromatic rings. The lowest BCUT2D eigenvalue weighted by atomic mass is 10.1. The number of amides is 2. The number of nitrogens with zero attached hydrogens (tertiary/aromatic N) is 1. The first kappa shape index (κ1) is 24.0. The molecule has 0 fully saturated rings. The van der Waals surface area contributed by atoms with Gasteiger partial charge < -0.3 is 32.6 Å². The molecule has 2 rings (SSSR count). The number of benzene rings is 2. The van der Waals surface area contributed by atoms with Crippen LogP contribution in [0.25, 0.3) is 10.8 Å². The monoisotopic (exact) mass is 422 g/mol. The number of aliphatic imine (C=N–C) groups is 1. The van der Waals surface area contributed by atoms with Crippen molar-refractivity contribution in [2.75, 3.05) is 25.5 Å². The van der Waals surface area contributed by atoms with E-state index in [4.69, 9.17) is 21.9 Å². The second-order valence-corrected chi connectivity index (χ2v) is 6.16. The zero-order valence-electron chi connectivity index (χ0n) is 16.2. The van der Waals surface area contributed by atoms with E-state index in [0.717, 1.165) is 10.8 Å². The first-order valence-corrected chi connectivity index (χ1v) is 8.87. The number of methoxy groups -OCH3 is 1. The molecule has 0 aliphatic rings. The number of fused-ring (bicyclic) bond motifs is 1. The third-order valence-electron chi connectivity index (χ3n) is 4.09. The molecule has 29 heavy (non-hydrogen) atoms. The quantitative estimate of drug-likeness (QED) is 0.227. The summed E-state index contributed by atoms with van der Waals surface area (Å²) >= 11 is 0. The van der Waals surface area contributed by atoms with Crippen molar-refractivity contribution in [3.63, 3.8) is 0 Å². The molecule has 2 amide bonds. The Morgan fingerprint density at radius 1 is 1.21 bits per heavy atom. The van der Waals surface area contributed by atoms with E-state index in [0.29, 0.717) is 30.8 Å². The lowest BCUT2D eigenvalue weighted by molar-refractivity contribution is -0.125. The van der Waals surface area contributed by atoms with Gasteiger partial charge in [0.1, 0.15) is 11.8 Å². The Kier molecular flexibility index (Phi) is 9.70. The van der Waals surface area contributed by atoms with Gasteiger partial charge in [-0.2, -0.15) is 0 Å². The van der Waals surface area contributed by atoms with Gasteiger partial charge in [0.25, 0.3) is 0 Å². The maximum atomic E-state index is 12.7. The van der Waals surface area contributed by atoms with Crippen molar-refractivity contribution in [2.24, 2.45) is 22.2 Å². The minimum absolute atomic E-state index is 0. The van der Waals surface area contributed by atoms with E-state index in [1.165, 1.54) is 0 Å². The van der Waals surface area contributed by atoms with E-state index in [1.54, 1.807) is 13.2 Å². The van der Waals surface area contributed by atoms with E-state index < -0.39 is 11.9 Å². The van der Waals surface area contributed by atoms with Gasteiger partial charge in [-0.1, -0.05) is 24.3 Å². The average molecular weight is 423 g/mol. The number of hydrogen-bond acceptors (Lipinski definition) is 5. The van der Waals surface area contributed by atoms with Crippen LogP contribution in [0.3, 0.4) is 0 Å².